The number of benzene rings is 2. The van der Waals surface area contributed by atoms with Gasteiger partial charge in [0, 0.05) is 25.3 Å². The molecule has 2 amide bonds. The third-order valence-corrected chi connectivity index (χ3v) is 7.46. The second-order valence-corrected chi connectivity index (χ2v) is 11.9. The molecule has 3 rings (SSSR count). The van der Waals surface area contributed by atoms with Crippen LogP contribution in [0.3, 0.4) is 0 Å². The molecule has 0 bridgehead atoms. The zero-order valence-electron chi connectivity index (χ0n) is 25.5. The molecular weight excluding hydrogens is 584 g/mol. The number of cyclic esters (lactones) is 2. The van der Waals surface area contributed by atoms with Crippen molar-refractivity contribution in [2.75, 3.05) is 6.54 Å². The quantitative estimate of drug-likeness (QED) is 0.369. The van der Waals surface area contributed by atoms with E-state index in [1.807, 2.05) is 63.3 Å². The molecule has 0 aromatic heterocycles. The Bertz CT molecular complexity index is 1360. The SMILES string of the molecule is CC(C)C[C@@H]1OC(=O)[C@H](C)CNC(=O)[C@@H](Cc2ccc(O)c(Cl)c2)NC(=O)/C=C/C[C@@H]([C@H](C)/C=C/c2ccccc2)OC1=O. The summed E-state index contributed by atoms with van der Waals surface area (Å²) >= 11 is 6.05. The fourth-order valence-corrected chi connectivity index (χ4v) is 4.74. The van der Waals surface area contributed by atoms with Gasteiger partial charge in [0.1, 0.15) is 17.9 Å². The van der Waals surface area contributed by atoms with Gasteiger partial charge in [0.2, 0.25) is 11.8 Å². The summed E-state index contributed by atoms with van der Waals surface area (Å²) in [5, 5.41) is 15.3. The van der Waals surface area contributed by atoms with Crippen molar-refractivity contribution in [2.24, 2.45) is 17.8 Å². The highest BCUT2D eigenvalue weighted by Crippen LogP contribution is 2.24. The highest BCUT2D eigenvalue weighted by molar-refractivity contribution is 6.32. The number of phenolic OH excluding ortho intramolecular Hbond substituents is 1. The van der Waals surface area contributed by atoms with E-state index in [0.29, 0.717) is 5.56 Å². The Balaban J connectivity index is 1.89. The average molecular weight is 625 g/mol. The van der Waals surface area contributed by atoms with Gasteiger partial charge in [0.05, 0.1) is 10.9 Å². The molecule has 0 saturated carbocycles. The Kier molecular flexibility index (Phi) is 13.0. The molecule has 9 nitrogen and oxygen atoms in total. The Morgan fingerprint density at radius 1 is 1.02 bits per heavy atom. The van der Waals surface area contributed by atoms with Gasteiger partial charge in [0.25, 0.3) is 0 Å². The van der Waals surface area contributed by atoms with Gasteiger partial charge in [-0.1, -0.05) is 93.9 Å². The lowest BCUT2D eigenvalue weighted by Gasteiger charge is -2.26. The van der Waals surface area contributed by atoms with E-state index >= 15 is 0 Å². The number of hydrogen-bond donors (Lipinski definition) is 3. The molecule has 1 aliphatic heterocycles. The van der Waals surface area contributed by atoms with E-state index in [-0.39, 0.29) is 48.4 Å². The first kappa shape index (κ1) is 34.4. The summed E-state index contributed by atoms with van der Waals surface area (Å²) in [5.74, 6) is -3.45. The van der Waals surface area contributed by atoms with Gasteiger partial charge >= 0.3 is 11.9 Å². The Labute approximate surface area is 263 Å². The van der Waals surface area contributed by atoms with Crippen molar-refractivity contribution in [3.05, 3.63) is 82.9 Å². The summed E-state index contributed by atoms with van der Waals surface area (Å²) in [5.41, 5.74) is 1.59. The van der Waals surface area contributed by atoms with Crippen molar-refractivity contribution in [1.29, 1.82) is 0 Å². The normalized spacial score (nSPS) is 23.9. The zero-order valence-corrected chi connectivity index (χ0v) is 26.3. The molecule has 3 N–H and O–H groups in total. The average Bonchev–Trinajstić information content (AvgIpc) is 2.98. The van der Waals surface area contributed by atoms with Crippen LogP contribution in [0.15, 0.2) is 66.8 Å². The highest BCUT2D eigenvalue weighted by atomic mass is 35.5. The van der Waals surface area contributed by atoms with E-state index in [1.165, 1.54) is 18.2 Å². The monoisotopic (exact) mass is 624 g/mol. The van der Waals surface area contributed by atoms with Gasteiger partial charge in [-0.15, -0.1) is 0 Å². The van der Waals surface area contributed by atoms with Gasteiger partial charge in [0.15, 0.2) is 6.10 Å². The number of halogens is 1. The molecule has 10 heteroatoms. The summed E-state index contributed by atoms with van der Waals surface area (Å²) < 4.78 is 11.6. The molecule has 0 aliphatic carbocycles. The van der Waals surface area contributed by atoms with Crippen LogP contribution in [0.2, 0.25) is 5.02 Å². The maximum atomic E-state index is 13.3. The number of rotatable bonds is 7. The lowest BCUT2D eigenvalue weighted by molar-refractivity contribution is -0.175. The van der Waals surface area contributed by atoms with Crippen LogP contribution in [-0.2, 0) is 35.1 Å². The minimum absolute atomic E-state index is 0.0348. The van der Waals surface area contributed by atoms with Crippen LogP contribution in [0, 0.1) is 17.8 Å². The number of carbonyl (C=O) groups is 4. The second-order valence-electron chi connectivity index (χ2n) is 11.5. The molecule has 44 heavy (non-hydrogen) atoms. The number of hydrogen-bond acceptors (Lipinski definition) is 7. The van der Waals surface area contributed by atoms with Crippen LogP contribution in [0.25, 0.3) is 6.08 Å². The van der Waals surface area contributed by atoms with Crippen LogP contribution in [0.1, 0.15) is 51.7 Å². The highest BCUT2D eigenvalue weighted by Gasteiger charge is 2.31. The minimum Gasteiger partial charge on any atom is -0.506 e. The van der Waals surface area contributed by atoms with Crippen molar-refractivity contribution in [2.45, 2.75) is 65.2 Å². The molecule has 0 saturated heterocycles. The summed E-state index contributed by atoms with van der Waals surface area (Å²) in [7, 11) is 0. The minimum atomic E-state index is -1.12. The predicted octanol–water partition coefficient (Wildman–Crippen LogP) is 5.00. The standard InChI is InChI=1S/C34H41ClN2O7/c1-21(2)17-30-34(42)43-29(22(3)13-14-24-9-6-5-7-10-24)11-8-12-31(39)37-27(19-25-15-16-28(38)26(35)18-25)32(40)36-20-23(4)33(41)44-30/h5-10,12-16,18,21-23,27,29-30,38H,11,17,19-20H2,1-4H3,(H,36,40)(H,37,39)/b12-8+,14-13+/t22-,23-,27-,29+,30+/m1/s1. The maximum Gasteiger partial charge on any atom is 0.347 e. The molecule has 0 unspecified atom stereocenters. The number of nitrogens with one attached hydrogen (secondary N) is 2. The largest absolute Gasteiger partial charge is 0.506 e. The smallest absolute Gasteiger partial charge is 0.347 e. The van der Waals surface area contributed by atoms with Gasteiger partial charge in [-0.25, -0.2) is 4.79 Å². The third-order valence-electron chi connectivity index (χ3n) is 7.16. The van der Waals surface area contributed by atoms with Gasteiger partial charge in [-0.2, -0.15) is 0 Å². The molecule has 1 heterocycles. The molecule has 236 valence electrons. The first-order valence-corrected chi connectivity index (χ1v) is 15.2. The Morgan fingerprint density at radius 3 is 2.43 bits per heavy atom. The van der Waals surface area contributed by atoms with Gasteiger partial charge in [-0.05, 0) is 41.7 Å². The topological polar surface area (TPSA) is 131 Å². The van der Waals surface area contributed by atoms with Gasteiger partial charge < -0.3 is 25.2 Å². The molecule has 0 fully saturated rings. The lowest BCUT2D eigenvalue weighted by atomic mass is 9.99. The van der Waals surface area contributed by atoms with E-state index in [9.17, 15) is 24.3 Å². The zero-order chi connectivity index (χ0) is 32.2. The van der Waals surface area contributed by atoms with E-state index in [1.54, 1.807) is 19.1 Å². The summed E-state index contributed by atoms with van der Waals surface area (Å²) in [4.78, 5) is 52.5. The first-order chi connectivity index (χ1) is 20.9. The Morgan fingerprint density at radius 2 is 1.75 bits per heavy atom. The number of ether oxygens (including phenoxy) is 2. The molecule has 2 aromatic rings. The lowest BCUT2D eigenvalue weighted by Crippen LogP contribution is -2.49. The van der Waals surface area contributed by atoms with E-state index in [2.05, 4.69) is 10.6 Å². The molecule has 2 aromatic carbocycles. The number of aromatic hydroxyl groups is 1. The number of carbonyl (C=O) groups excluding carboxylic acids is 4. The fourth-order valence-electron chi connectivity index (χ4n) is 4.53. The van der Waals surface area contributed by atoms with Crippen molar-refractivity contribution < 1.29 is 33.8 Å². The van der Waals surface area contributed by atoms with E-state index in [0.717, 1.165) is 5.56 Å². The van der Waals surface area contributed by atoms with E-state index < -0.39 is 47.9 Å². The predicted molar refractivity (Wildman–Crippen MR) is 169 cm³/mol. The first-order valence-electron chi connectivity index (χ1n) is 14.8. The van der Waals surface area contributed by atoms with Gasteiger partial charge in [-0.3, -0.25) is 14.4 Å². The van der Waals surface area contributed by atoms with Crippen molar-refractivity contribution in [3.8, 4) is 5.75 Å². The summed E-state index contributed by atoms with van der Waals surface area (Å²) in [6.07, 6.45) is 5.51. The second kappa shape index (κ2) is 16.7. The van der Waals surface area contributed by atoms with Crippen LogP contribution < -0.4 is 10.6 Å². The molecular formula is C34H41ClN2O7. The Hall–Kier alpha value is -4.11. The number of esters is 2. The number of phenols is 1. The molecule has 5 atom stereocenters. The van der Waals surface area contributed by atoms with Crippen LogP contribution in [0.5, 0.6) is 5.75 Å². The molecule has 0 radical (unpaired) electrons. The van der Waals surface area contributed by atoms with Crippen molar-refractivity contribution in [1.82, 2.24) is 10.6 Å². The summed E-state index contributed by atoms with van der Waals surface area (Å²) in [6, 6.07) is 13.2. The summed E-state index contributed by atoms with van der Waals surface area (Å²) in [6.45, 7) is 7.23. The third kappa shape index (κ3) is 10.9. The van der Waals surface area contributed by atoms with Crippen LogP contribution in [-0.4, -0.2) is 53.7 Å². The fraction of sp³-hybridized carbons (Fsp3) is 0.412. The maximum absolute atomic E-state index is 13.3. The van der Waals surface area contributed by atoms with E-state index in [4.69, 9.17) is 21.1 Å². The van der Waals surface area contributed by atoms with Crippen LogP contribution >= 0.6 is 11.6 Å². The van der Waals surface area contributed by atoms with Crippen molar-refractivity contribution >= 4 is 41.4 Å². The molecule has 0 spiro atoms. The van der Waals surface area contributed by atoms with Crippen molar-refractivity contribution in [3.63, 3.8) is 0 Å². The number of amides is 2. The van der Waals surface area contributed by atoms with Crippen LogP contribution in [0.4, 0.5) is 0 Å². The molecule has 1 aliphatic rings.